The molecule has 0 N–H and O–H groups in total. The van der Waals surface area contributed by atoms with Crippen molar-refractivity contribution in [3.8, 4) is 6.07 Å². The van der Waals surface area contributed by atoms with Crippen LogP contribution >= 0.6 is 0 Å². The Balaban J connectivity index is 2.47. The Morgan fingerprint density at radius 2 is 2.33 bits per heavy atom. The van der Waals surface area contributed by atoms with Gasteiger partial charge in [-0.15, -0.1) is 0 Å². The lowest BCUT2D eigenvalue weighted by molar-refractivity contribution is 0.706. The van der Waals surface area contributed by atoms with E-state index in [1.807, 2.05) is 6.07 Å². The smallest absolute Gasteiger partial charge is 0.252 e. The summed E-state index contributed by atoms with van der Waals surface area (Å²) < 4.78 is 1.70. The van der Waals surface area contributed by atoms with Gasteiger partial charge in [0, 0.05) is 18.3 Å². The lowest BCUT2D eigenvalue weighted by atomic mass is 10.3. The van der Waals surface area contributed by atoms with Gasteiger partial charge in [0.2, 0.25) is 0 Å². The number of hydrogen-bond acceptors (Lipinski definition) is 2. The fourth-order valence-electron chi connectivity index (χ4n) is 1.21. The van der Waals surface area contributed by atoms with Crippen LogP contribution in [0.15, 0.2) is 23.1 Å². The third kappa shape index (κ3) is 1.12. The van der Waals surface area contributed by atoms with E-state index in [1.165, 1.54) is 6.07 Å². The standard InChI is InChI=1S/C9H8N2O/c10-6-7-3-4-11(8-1-2-8)9(12)5-7/h3-5,8H,1-2H2. The van der Waals surface area contributed by atoms with Gasteiger partial charge in [-0.25, -0.2) is 0 Å². The second-order valence-corrected chi connectivity index (χ2v) is 3.00. The Bertz CT molecular complexity index is 396. The molecular weight excluding hydrogens is 152 g/mol. The molecule has 1 aliphatic rings. The monoisotopic (exact) mass is 160 g/mol. The highest BCUT2D eigenvalue weighted by Gasteiger charge is 2.23. The van der Waals surface area contributed by atoms with Gasteiger partial charge >= 0.3 is 0 Å². The zero-order valence-corrected chi connectivity index (χ0v) is 6.53. The van der Waals surface area contributed by atoms with Crippen molar-refractivity contribution in [2.24, 2.45) is 0 Å². The zero-order valence-electron chi connectivity index (χ0n) is 6.53. The summed E-state index contributed by atoms with van der Waals surface area (Å²) in [5, 5.41) is 8.51. The van der Waals surface area contributed by atoms with Gasteiger partial charge in [0.05, 0.1) is 11.6 Å². The van der Waals surface area contributed by atoms with Crippen molar-refractivity contribution in [3.05, 3.63) is 34.2 Å². The molecule has 1 aromatic heterocycles. The second kappa shape index (κ2) is 2.49. The van der Waals surface area contributed by atoms with Crippen LogP contribution < -0.4 is 5.56 Å². The first-order valence-corrected chi connectivity index (χ1v) is 3.93. The van der Waals surface area contributed by atoms with Crippen molar-refractivity contribution in [2.75, 3.05) is 0 Å². The Morgan fingerprint density at radius 3 is 2.83 bits per heavy atom. The summed E-state index contributed by atoms with van der Waals surface area (Å²) in [5.74, 6) is 0. The maximum absolute atomic E-state index is 11.3. The minimum Gasteiger partial charge on any atom is -0.312 e. The molecule has 1 aliphatic carbocycles. The van der Waals surface area contributed by atoms with Gasteiger partial charge in [0.15, 0.2) is 0 Å². The van der Waals surface area contributed by atoms with Gasteiger partial charge in [0.1, 0.15) is 0 Å². The first-order valence-electron chi connectivity index (χ1n) is 3.93. The summed E-state index contributed by atoms with van der Waals surface area (Å²) in [5.41, 5.74) is 0.383. The highest BCUT2D eigenvalue weighted by molar-refractivity contribution is 5.25. The van der Waals surface area contributed by atoms with Crippen molar-refractivity contribution >= 4 is 0 Å². The normalized spacial score (nSPS) is 15.6. The van der Waals surface area contributed by atoms with E-state index in [0.717, 1.165) is 12.8 Å². The van der Waals surface area contributed by atoms with Gasteiger partial charge < -0.3 is 4.57 Å². The third-order valence-electron chi connectivity index (χ3n) is 2.02. The van der Waals surface area contributed by atoms with Crippen LogP contribution in [0.4, 0.5) is 0 Å². The van der Waals surface area contributed by atoms with Crippen molar-refractivity contribution < 1.29 is 0 Å². The number of pyridine rings is 1. The first kappa shape index (κ1) is 7.11. The molecule has 1 saturated carbocycles. The van der Waals surface area contributed by atoms with Crippen LogP contribution in [0.25, 0.3) is 0 Å². The molecule has 0 unspecified atom stereocenters. The van der Waals surface area contributed by atoms with Gasteiger partial charge in [-0.3, -0.25) is 4.79 Å². The largest absolute Gasteiger partial charge is 0.312 e. The van der Waals surface area contributed by atoms with E-state index < -0.39 is 0 Å². The van der Waals surface area contributed by atoms with E-state index in [0.29, 0.717) is 11.6 Å². The van der Waals surface area contributed by atoms with Crippen LogP contribution in [-0.2, 0) is 0 Å². The van der Waals surface area contributed by atoms with E-state index in [-0.39, 0.29) is 5.56 Å². The SMILES string of the molecule is N#Cc1ccn(C2CC2)c(=O)c1. The molecule has 0 radical (unpaired) electrons. The van der Waals surface area contributed by atoms with E-state index in [1.54, 1.807) is 16.8 Å². The molecule has 0 saturated heterocycles. The molecule has 1 fully saturated rings. The molecule has 0 aliphatic heterocycles. The van der Waals surface area contributed by atoms with Gasteiger partial charge in [-0.1, -0.05) is 0 Å². The maximum atomic E-state index is 11.3. The predicted molar refractivity (Wildman–Crippen MR) is 43.7 cm³/mol. The topological polar surface area (TPSA) is 45.8 Å². The highest BCUT2D eigenvalue weighted by Crippen LogP contribution is 2.33. The number of hydrogen-bond donors (Lipinski definition) is 0. The Kier molecular flexibility index (Phi) is 1.47. The summed E-state index contributed by atoms with van der Waals surface area (Å²) in [4.78, 5) is 11.3. The molecule has 3 nitrogen and oxygen atoms in total. The Labute approximate surface area is 69.9 Å². The molecule has 60 valence electrons. The molecule has 0 spiro atoms. The van der Waals surface area contributed by atoms with E-state index in [9.17, 15) is 4.79 Å². The first-order chi connectivity index (χ1) is 5.81. The van der Waals surface area contributed by atoms with Gasteiger partial charge in [0.25, 0.3) is 5.56 Å². The quantitative estimate of drug-likeness (QED) is 0.616. The lowest BCUT2D eigenvalue weighted by Crippen LogP contribution is -2.17. The average Bonchev–Trinajstić information content (AvgIpc) is 2.87. The summed E-state index contributed by atoms with van der Waals surface area (Å²) in [6.07, 6.45) is 3.89. The second-order valence-electron chi connectivity index (χ2n) is 3.00. The minimum absolute atomic E-state index is 0.0587. The van der Waals surface area contributed by atoms with Crippen molar-refractivity contribution in [1.82, 2.24) is 4.57 Å². The molecule has 0 aromatic carbocycles. The van der Waals surface area contributed by atoms with E-state index in [4.69, 9.17) is 5.26 Å². The van der Waals surface area contributed by atoms with Crippen molar-refractivity contribution in [3.63, 3.8) is 0 Å². The molecule has 0 atom stereocenters. The molecule has 3 heteroatoms. The summed E-state index contributed by atoms with van der Waals surface area (Å²) in [6, 6.07) is 5.40. The number of aromatic nitrogens is 1. The molecule has 0 bridgehead atoms. The molecule has 1 aromatic rings. The summed E-state index contributed by atoms with van der Waals surface area (Å²) in [7, 11) is 0. The molecule has 12 heavy (non-hydrogen) atoms. The summed E-state index contributed by atoms with van der Waals surface area (Å²) in [6.45, 7) is 0. The fourth-order valence-corrected chi connectivity index (χ4v) is 1.21. The van der Waals surface area contributed by atoms with Gasteiger partial charge in [-0.05, 0) is 18.9 Å². The minimum atomic E-state index is -0.0587. The van der Waals surface area contributed by atoms with Crippen LogP contribution in [0.5, 0.6) is 0 Å². The predicted octanol–water partition coefficient (Wildman–Crippen LogP) is 1.05. The third-order valence-corrected chi connectivity index (χ3v) is 2.02. The Morgan fingerprint density at radius 1 is 1.58 bits per heavy atom. The van der Waals surface area contributed by atoms with Crippen molar-refractivity contribution in [1.29, 1.82) is 5.26 Å². The average molecular weight is 160 g/mol. The Hall–Kier alpha value is -1.56. The number of rotatable bonds is 1. The van der Waals surface area contributed by atoms with Gasteiger partial charge in [-0.2, -0.15) is 5.26 Å². The molecular formula is C9H8N2O. The summed E-state index contributed by atoms with van der Waals surface area (Å²) >= 11 is 0. The fraction of sp³-hybridized carbons (Fsp3) is 0.333. The maximum Gasteiger partial charge on any atom is 0.252 e. The van der Waals surface area contributed by atoms with Crippen LogP contribution in [0.3, 0.4) is 0 Å². The molecule has 1 heterocycles. The highest BCUT2D eigenvalue weighted by atomic mass is 16.1. The molecule has 2 rings (SSSR count). The van der Waals surface area contributed by atoms with Crippen LogP contribution in [0.1, 0.15) is 24.4 Å². The number of nitriles is 1. The number of nitrogens with zero attached hydrogens (tertiary/aromatic N) is 2. The van der Waals surface area contributed by atoms with Crippen molar-refractivity contribution in [2.45, 2.75) is 18.9 Å². The van der Waals surface area contributed by atoms with Crippen LogP contribution in [-0.4, -0.2) is 4.57 Å². The zero-order chi connectivity index (χ0) is 8.55. The van der Waals surface area contributed by atoms with E-state index >= 15 is 0 Å². The van der Waals surface area contributed by atoms with Crippen LogP contribution in [0, 0.1) is 11.3 Å². The van der Waals surface area contributed by atoms with E-state index in [2.05, 4.69) is 0 Å². The molecule has 0 amide bonds. The van der Waals surface area contributed by atoms with Crippen LogP contribution in [0.2, 0.25) is 0 Å². The lowest BCUT2D eigenvalue weighted by Gasteiger charge is -2.00.